The van der Waals surface area contributed by atoms with Gasteiger partial charge >= 0.3 is 5.97 Å². The van der Waals surface area contributed by atoms with E-state index in [1.165, 1.54) is 0 Å². The van der Waals surface area contributed by atoms with Gasteiger partial charge in [0.2, 0.25) is 0 Å². The molecule has 0 spiro atoms. The second-order valence-corrected chi connectivity index (χ2v) is 5.29. The van der Waals surface area contributed by atoms with Gasteiger partial charge in [-0.25, -0.2) is 0 Å². The number of phenolic OH excluding ortho intramolecular Hbond substituents is 1. The second kappa shape index (κ2) is 6.36. The first-order chi connectivity index (χ1) is 11.2. The summed E-state index contributed by atoms with van der Waals surface area (Å²) in [5.74, 6) is -0.964. The number of carboxylic acid groups (broad SMARTS) is 1. The lowest BCUT2D eigenvalue weighted by molar-refractivity contribution is -0.136. The van der Waals surface area contributed by atoms with Crippen LogP contribution in [-0.4, -0.2) is 16.2 Å². The Balaban J connectivity index is 2.30. The topological polar surface area (TPSA) is 57.5 Å². The molecular formula is C20H16O3. The first-order valence-electron chi connectivity index (χ1n) is 7.34. The van der Waals surface area contributed by atoms with Crippen LogP contribution in [0.25, 0.3) is 22.3 Å². The van der Waals surface area contributed by atoms with Crippen molar-refractivity contribution >= 4 is 5.97 Å². The van der Waals surface area contributed by atoms with Gasteiger partial charge in [0.25, 0.3) is 0 Å². The quantitative estimate of drug-likeness (QED) is 0.753. The van der Waals surface area contributed by atoms with Gasteiger partial charge in [0.05, 0.1) is 6.42 Å². The molecule has 0 aliphatic rings. The van der Waals surface area contributed by atoms with E-state index >= 15 is 0 Å². The molecule has 0 heterocycles. The first kappa shape index (κ1) is 14.9. The van der Waals surface area contributed by atoms with E-state index in [1.807, 2.05) is 66.7 Å². The summed E-state index contributed by atoms with van der Waals surface area (Å²) >= 11 is 0. The molecule has 0 atom stereocenters. The van der Waals surface area contributed by atoms with Crippen molar-refractivity contribution in [3.8, 4) is 28.0 Å². The molecule has 3 heteroatoms. The van der Waals surface area contributed by atoms with Crippen LogP contribution in [0.15, 0.2) is 72.8 Å². The number of aliphatic carboxylic acids is 1. The van der Waals surface area contributed by atoms with E-state index in [9.17, 15) is 15.0 Å². The van der Waals surface area contributed by atoms with Crippen LogP contribution in [0.1, 0.15) is 5.56 Å². The van der Waals surface area contributed by atoms with Crippen LogP contribution in [0.2, 0.25) is 0 Å². The van der Waals surface area contributed by atoms with Gasteiger partial charge in [0.1, 0.15) is 5.75 Å². The van der Waals surface area contributed by atoms with Crippen LogP contribution in [0.4, 0.5) is 0 Å². The van der Waals surface area contributed by atoms with Crippen LogP contribution >= 0.6 is 0 Å². The molecule has 0 fully saturated rings. The van der Waals surface area contributed by atoms with E-state index in [1.54, 1.807) is 6.07 Å². The average molecular weight is 304 g/mol. The van der Waals surface area contributed by atoms with E-state index < -0.39 is 5.97 Å². The van der Waals surface area contributed by atoms with Crippen molar-refractivity contribution < 1.29 is 15.0 Å². The van der Waals surface area contributed by atoms with Crippen LogP contribution in [0.5, 0.6) is 5.75 Å². The Morgan fingerprint density at radius 3 is 1.91 bits per heavy atom. The number of carboxylic acids is 1. The lowest BCUT2D eigenvalue weighted by atomic mass is 9.89. The summed E-state index contributed by atoms with van der Waals surface area (Å²) in [7, 11) is 0. The monoisotopic (exact) mass is 304 g/mol. The van der Waals surface area contributed by atoms with E-state index in [4.69, 9.17) is 0 Å². The van der Waals surface area contributed by atoms with Crippen molar-refractivity contribution in [1.29, 1.82) is 0 Å². The molecule has 23 heavy (non-hydrogen) atoms. The van der Waals surface area contributed by atoms with Gasteiger partial charge in [0.15, 0.2) is 0 Å². The molecule has 0 aromatic heterocycles. The molecule has 0 unspecified atom stereocenters. The summed E-state index contributed by atoms with van der Waals surface area (Å²) < 4.78 is 0. The van der Waals surface area contributed by atoms with Crippen molar-refractivity contribution in [3.05, 3.63) is 78.4 Å². The molecule has 114 valence electrons. The molecule has 3 aromatic carbocycles. The highest BCUT2D eigenvalue weighted by Gasteiger charge is 2.18. The van der Waals surface area contributed by atoms with Gasteiger partial charge in [0, 0.05) is 5.56 Å². The largest absolute Gasteiger partial charge is 0.508 e. The van der Waals surface area contributed by atoms with Crippen LogP contribution in [0, 0.1) is 0 Å². The molecule has 3 rings (SSSR count). The molecule has 0 saturated heterocycles. The van der Waals surface area contributed by atoms with Crippen molar-refractivity contribution in [2.75, 3.05) is 0 Å². The standard InChI is InChI=1S/C20H16O3/c21-18-12-11-16(14-7-3-1-4-8-14)20(17(18)13-19(22)23)15-9-5-2-6-10-15/h1-12,21H,13H2,(H,22,23). The number of rotatable bonds is 4. The normalized spacial score (nSPS) is 10.4. The molecule has 0 bridgehead atoms. The molecule has 3 nitrogen and oxygen atoms in total. The van der Waals surface area contributed by atoms with Crippen LogP contribution in [0.3, 0.4) is 0 Å². The van der Waals surface area contributed by atoms with Gasteiger partial charge in [-0.1, -0.05) is 66.7 Å². The minimum atomic E-state index is -0.970. The maximum Gasteiger partial charge on any atom is 0.307 e. The highest BCUT2D eigenvalue weighted by atomic mass is 16.4. The summed E-state index contributed by atoms with van der Waals surface area (Å²) in [5.41, 5.74) is 3.98. The number of carbonyl (C=O) groups is 1. The summed E-state index contributed by atoms with van der Waals surface area (Å²) in [4.78, 5) is 11.2. The van der Waals surface area contributed by atoms with Crippen molar-refractivity contribution in [2.24, 2.45) is 0 Å². The van der Waals surface area contributed by atoms with E-state index in [2.05, 4.69) is 0 Å². The van der Waals surface area contributed by atoms with Crippen molar-refractivity contribution in [3.63, 3.8) is 0 Å². The number of phenols is 1. The van der Waals surface area contributed by atoms with Gasteiger partial charge in [-0.3, -0.25) is 4.79 Å². The average Bonchev–Trinajstić information content (AvgIpc) is 2.58. The zero-order valence-electron chi connectivity index (χ0n) is 12.4. The van der Waals surface area contributed by atoms with Crippen LogP contribution < -0.4 is 0 Å². The summed E-state index contributed by atoms with van der Waals surface area (Å²) in [6, 6.07) is 22.7. The molecule has 0 aliphatic heterocycles. The Labute approximate surface area is 134 Å². The maximum atomic E-state index is 11.2. The zero-order chi connectivity index (χ0) is 16.2. The molecule has 3 aromatic rings. The molecule has 2 N–H and O–H groups in total. The second-order valence-electron chi connectivity index (χ2n) is 5.29. The Morgan fingerprint density at radius 1 is 0.783 bits per heavy atom. The third-order valence-electron chi connectivity index (χ3n) is 3.76. The fourth-order valence-corrected chi connectivity index (χ4v) is 2.76. The predicted molar refractivity (Wildman–Crippen MR) is 90.3 cm³/mol. The summed E-state index contributed by atoms with van der Waals surface area (Å²) in [6.07, 6.45) is -0.225. The molecular weight excluding hydrogens is 288 g/mol. The summed E-state index contributed by atoms with van der Waals surface area (Å²) in [6.45, 7) is 0. The van der Waals surface area contributed by atoms with Gasteiger partial charge in [-0.15, -0.1) is 0 Å². The van der Waals surface area contributed by atoms with Gasteiger partial charge in [-0.05, 0) is 28.3 Å². The lowest BCUT2D eigenvalue weighted by Crippen LogP contribution is -2.03. The Kier molecular flexibility index (Phi) is 4.11. The number of benzene rings is 3. The fraction of sp³-hybridized carbons (Fsp3) is 0.0500. The van der Waals surface area contributed by atoms with Crippen molar-refractivity contribution in [1.82, 2.24) is 0 Å². The van der Waals surface area contributed by atoms with E-state index in [0.29, 0.717) is 5.56 Å². The van der Waals surface area contributed by atoms with E-state index in [-0.39, 0.29) is 12.2 Å². The molecule has 0 radical (unpaired) electrons. The zero-order valence-corrected chi connectivity index (χ0v) is 12.4. The molecule has 0 saturated carbocycles. The Hall–Kier alpha value is -3.07. The minimum Gasteiger partial charge on any atom is -0.508 e. The minimum absolute atomic E-state index is 0.00549. The molecule has 0 amide bonds. The Morgan fingerprint density at radius 2 is 1.35 bits per heavy atom. The van der Waals surface area contributed by atoms with Gasteiger partial charge in [-0.2, -0.15) is 0 Å². The fourth-order valence-electron chi connectivity index (χ4n) is 2.76. The lowest BCUT2D eigenvalue weighted by Gasteiger charge is -2.16. The van der Waals surface area contributed by atoms with Crippen LogP contribution in [-0.2, 0) is 11.2 Å². The summed E-state index contributed by atoms with van der Waals surface area (Å²) in [5, 5.41) is 19.4. The maximum absolute atomic E-state index is 11.2. The van der Waals surface area contributed by atoms with E-state index in [0.717, 1.165) is 22.3 Å². The third kappa shape index (κ3) is 3.09. The number of hydrogen-bond donors (Lipinski definition) is 2. The highest BCUT2D eigenvalue weighted by Crippen LogP contribution is 2.39. The third-order valence-corrected chi connectivity index (χ3v) is 3.76. The van der Waals surface area contributed by atoms with Gasteiger partial charge < -0.3 is 10.2 Å². The number of hydrogen-bond acceptors (Lipinski definition) is 2. The molecule has 0 aliphatic carbocycles. The first-order valence-corrected chi connectivity index (χ1v) is 7.34. The predicted octanol–water partition coefficient (Wildman–Crippen LogP) is 4.35. The number of aromatic hydroxyl groups is 1. The Bertz CT molecular complexity index is 824. The SMILES string of the molecule is O=C(O)Cc1c(O)ccc(-c2ccccc2)c1-c1ccccc1. The highest BCUT2D eigenvalue weighted by molar-refractivity contribution is 5.89. The van der Waals surface area contributed by atoms with Crippen molar-refractivity contribution in [2.45, 2.75) is 6.42 Å². The smallest absolute Gasteiger partial charge is 0.307 e.